The van der Waals surface area contributed by atoms with Crippen LogP contribution in [-0.4, -0.2) is 36.1 Å². The minimum atomic E-state index is -3.75. The molecule has 0 N–H and O–H groups in total. The minimum absolute atomic E-state index is 0.0159. The van der Waals surface area contributed by atoms with Crippen molar-refractivity contribution in [3.63, 3.8) is 0 Å². The van der Waals surface area contributed by atoms with Crippen LogP contribution in [0.25, 0.3) is 0 Å². The van der Waals surface area contributed by atoms with E-state index in [1.807, 2.05) is 0 Å². The fourth-order valence-electron chi connectivity index (χ4n) is 1.56. The molecular formula is C8H7Cl2N3O3S. The molecule has 0 aliphatic carbocycles. The molecular weight excluding hydrogens is 289 g/mol. The van der Waals surface area contributed by atoms with Crippen molar-refractivity contribution in [3.05, 3.63) is 17.5 Å². The summed E-state index contributed by atoms with van der Waals surface area (Å²) < 4.78 is 22.3. The Hall–Kier alpha value is -0.920. The van der Waals surface area contributed by atoms with Gasteiger partial charge < -0.3 is 0 Å². The molecule has 1 aliphatic heterocycles. The molecule has 1 aliphatic rings. The van der Waals surface area contributed by atoms with Crippen LogP contribution < -0.4 is 4.90 Å². The second-order valence-corrected chi connectivity index (χ2v) is 6.80. The van der Waals surface area contributed by atoms with Gasteiger partial charge in [-0.3, -0.25) is 9.69 Å². The van der Waals surface area contributed by atoms with E-state index in [9.17, 15) is 13.2 Å². The van der Waals surface area contributed by atoms with Crippen LogP contribution in [0.5, 0.6) is 0 Å². The lowest BCUT2D eigenvalue weighted by molar-refractivity contribution is -0.117. The zero-order chi connectivity index (χ0) is 12.6. The third kappa shape index (κ3) is 2.67. The van der Waals surface area contributed by atoms with Gasteiger partial charge in [-0.15, -0.1) is 0 Å². The molecule has 1 saturated heterocycles. The van der Waals surface area contributed by atoms with Gasteiger partial charge in [-0.25, -0.2) is 18.4 Å². The van der Waals surface area contributed by atoms with E-state index in [4.69, 9.17) is 22.3 Å². The SMILES string of the molecule is O=C1CC(S(=O)(=O)Cl)CN1c1cc(Cl)ncn1. The van der Waals surface area contributed by atoms with Gasteiger partial charge in [-0.1, -0.05) is 11.6 Å². The summed E-state index contributed by atoms with van der Waals surface area (Å²) in [5.74, 6) is -0.0770. The molecule has 92 valence electrons. The Labute approximate surface area is 107 Å². The first-order valence-electron chi connectivity index (χ1n) is 4.59. The molecule has 0 spiro atoms. The van der Waals surface area contributed by atoms with Crippen LogP contribution in [-0.2, 0) is 13.8 Å². The zero-order valence-corrected chi connectivity index (χ0v) is 10.7. The van der Waals surface area contributed by atoms with E-state index in [1.165, 1.54) is 17.3 Å². The average molecular weight is 296 g/mol. The van der Waals surface area contributed by atoms with Crippen molar-refractivity contribution in [2.24, 2.45) is 0 Å². The summed E-state index contributed by atoms with van der Waals surface area (Å²) in [7, 11) is 1.47. The van der Waals surface area contributed by atoms with Crippen LogP contribution in [0.1, 0.15) is 6.42 Å². The fourth-order valence-corrected chi connectivity index (χ4v) is 2.72. The third-order valence-corrected chi connectivity index (χ3v) is 4.46. The number of hydrogen-bond donors (Lipinski definition) is 0. The van der Waals surface area contributed by atoms with Crippen molar-refractivity contribution in [1.82, 2.24) is 9.97 Å². The van der Waals surface area contributed by atoms with Gasteiger partial charge in [0.05, 0.1) is 0 Å². The van der Waals surface area contributed by atoms with Crippen LogP contribution in [0.3, 0.4) is 0 Å². The smallest absolute Gasteiger partial charge is 0.237 e. The van der Waals surface area contributed by atoms with Crippen LogP contribution in [0, 0.1) is 0 Å². The van der Waals surface area contributed by atoms with Gasteiger partial charge in [0.15, 0.2) is 0 Å². The van der Waals surface area contributed by atoms with Crippen LogP contribution in [0.2, 0.25) is 5.15 Å². The van der Waals surface area contributed by atoms with Gasteiger partial charge >= 0.3 is 0 Å². The predicted molar refractivity (Wildman–Crippen MR) is 62.6 cm³/mol. The number of amides is 1. The molecule has 2 rings (SSSR count). The van der Waals surface area contributed by atoms with Gasteiger partial charge in [0.25, 0.3) is 0 Å². The van der Waals surface area contributed by atoms with Crippen molar-refractivity contribution >= 4 is 43.1 Å². The zero-order valence-electron chi connectivity index (χ0n) is 8.38. The molecule has 0 aromatic carbocycles. The maximum absolute atomic E-state index is 11.6. The Morgan fingerprint density at radius 3 is 2.65 bits per heavy atom. The summed E-state index contributed by atoms with van der Waals surface area (Å²) in [4.78, 5) is 20.4. The molecule has 2 heterocycles. The normalized spacial score (nSPS) is 20.9. The Balaban J connectivity index is 2.28. The highest BCUT2D eigenvalue weighted by atomic mass is 35.7. The average Bonchev–Trinajstić information content (AvgIpc) is 2.60. The predicted octanol–water partition coefficient (Wildman–Crippen LogP) is 0.804. The van der Waals surface area contributed by atoms with Crippen LogP contribution in [0.4, 0.5) is 5.82 Å². The van der Waals surface area contributed by atoms with E-state index in [0.29, 0.717) is 0 Å². The number of anilines is 1. The topological polar surface area (TPSA) is 80.2 Å². The minimum Gasteiger partial charge on any atom is -0.295 e. The number of aromatic nitrogens is 2. The summed E-state index contributed by atoms with van der Waals surface area (Å²) in [5.41, 5.74) is 0. The third-order valence-electron chi connectivity index (χ3n) is 2.38. The van der Waals surface area contributed by atoms with Crippen molar-refractivity contribution in [3.8, 4) is 0 Å². The maximum Gasteiger partial charge on any atom is 0.237 e. The van der Waals surface area contributed by atoms with E-state index < -0.39 is 14.3 Å². The maximum atomic E-state index is 11.6. The Morgan fingerprint density at radius 1 is 1.41 bits per heavy atom. The molecule has 0 saturated carbocycles. The van der Waals surface area contributed by atoms with Gasteiger partial charge in [-0.2, -0.15) is 0 Å². The number of carbonyl (C=O) groups is 1. The molecule has 9 heteroatoms. The molecule has 1 aromatic rings. The van der Waals surface area contributed by atoms with Gasteiger partial charge in [0, 0.05) is 29.7 Å². The number of carbonyl (C=O) groups excluding carboxylic acids is 1. The molecule has 1 amide bonds. The Kier molecular flexibility index (Phi) is 3.24. The molecule has 17 heavy (non-hydrogen) atoms. The summed E-state index contributed by atoms with van der Waals surface area (Å²) in [6.45, 7) is -0.0159. The van der Waals surface area contributed by atoms with Crippen molar-refractivity contribution < 1.29 is 13.2 Å². The molecule has 1 fully saturated rings. The van der Waals surface area contributed by atoms with Crippen molar-refractivity contribution in [2.45, 2.75) is 11.7 Å². The van der Waals surface area contributed by atoms with Crippen LogP contribution in [0.15, 0.2) is 12.4 Å². The van der Waals surface area contributed by atoms with Gasteiger partial charge in [0.1, 0.15) is 22.5 Å². The second-order valence-electron chi connectivity index (χ2n) is 3.50. The lowest BCUT2D eigenvalue weighted by Crippen LogP contribution is -2.27. The standard InChI is InChI=1S/C8H7Cl2N3O3S/c9-6-2-7(12-4-11-6)13-3-5(1-8(13)14)17(10,15)16/h2,4-5H,1,3H2. The second kappa shape index (κ2) is 4.40. The first kappa shape index (κ1) is 12.5. The lowest BCUT2D eigenvalue weighted by atomic mass is 10.4. The Bertz CT molecular complexity index is 563. The van der Waals surface area contributed by atoms with Crippen LogP contribution >= 0.6 is 22.3 Å². The highest BCUT2D eigenvalue weighted by Gasteiger charge is 2.38. The summed E-state index contributed by atoms with van der Waals surface area (Å²) in [6.07, 6.45) is 1.06. The van der Waals surface area contributed by atoms with Gasteiger partial charge in [-0.05, 0) is 0 Å². The van der Waals surface area contributed by atoms with E-state index in [2.05, 4.69) is 9.97 Å². The van der Waals surface area contributed by atoms with Gasteiger partial charge in [0.2, 0.25) is 15.0 Å². The highest BCUT2D eigenvalue weighted by Crippen LogP contribution is 2.25. The molecule has 0 bridgehead atoms. The van der Waals surface area contributed by atoms with E-state index >= 15 is 0 Å². The molecule has 1 atom stereocenters. The molecule has 6 nitrogen and oxygen atoms in total. The molecule has 1 unspecified atom stereocenters. The van der Waals surface area contributed by atoms with Crippen molar-refractivity contribution in [2.75, 3.05) is 11.4 Å². The number of rotatable bonds is 2. The summed E-state index contributed by atoms with van der Waals surface area (Å²) >= 11 is 5.66. The fraction of sp³-hybridized carbons (Fsp3) is 0.375. The molecule has 1 aromatic heterocycles. The highest BCUT2D eigenvalue weighted by molar-refractivity contribution is 8.14. The first-order chi connectivity index (χ1) is 7.88. The van der Waals surface area contributed by atoms with E-state index in [-0.39, 0.29) is 29.8 Å². The number of hydrogen-bond acceptors (Lipinski definition) is 5. The van der Waals surface area contributed by atoms with E-state index in [0.717, 1.165) is 0 Å². The lowest BCUT2D eigenvalue weighted by Gasteiger charge is -2.14. The molecule has 0 radical (unpaired) electrons. The monoisotopic (exact) mass is 295 g/mol. The Morgan fingerprint density at radius 2 is 2.12 bits per heavy atom. The number of nitrogens with zero attached hydrogens (tertiary/aromatic N) is 3. The quantitative estimate of drug-likeness (QED) is 0.596. The largest absolute Gasteiger partial charge is 0.295 e. The summed E-state index contributed by atoms with van der Waals surface area (Å²) in [6, 6.07) is 1.39. The van der Waals surface area contributed by atoms with Crippen molar-refractivity contribution in [1.29, 1.82) is 0 Å². The van der Waals surface area contributed by atoms with E-state index in [1.54, 1.807) is 0 Å². The first-order valence-corrected chi connectivity index (χ1v) is 7.34. The summed E-state index contributed by atoms with van der Waals surface area (Å²) in [5, 5.41) is -0.731. The number of halogens is 2.